The quantitative estimate of drug-likeness (QED) is 0.856. The number of nitrogens with two attached hydrogens (primary N) is 1. The molecule has 1 atom stereocenters. The summed E-state index contributed by atoms with van der Waals surface area (Å²) in [6, 6.07) is 0. The van der Waals surface area contributed by atoms with Crippen molar-refractivity contribution < 1.29 is 0 Å². The normalized spacial score (nSPS) is 14.0. The molecular weight excluding hydrogens is 212 g/mol. The monoisotopic (exact) mass is 238 g/mol. The summed E-state index contributed by atoms with van der Waals surface area (Å²) in [4.78, 5) is 0. The molecule has 4 nitrogen and oxygen atoms in total. The van der Waals surface area contributed by atoms with E-state index in [0.717, 1.165) is 24.6 Å². The predicted molar refractivity (Wildman–Crippen MR) is 70.5 cm³/mol. The van der Waals surface area contributed by atoms with Gasteiger partial charge in [0.2, 0.25) is 0 Å². The molecule has 0 aliphatic carbocycles. The van der Waals surface area contributed by atoms with Crippen molar-refractivity contribution in [2.75, 3.05) is 0 Å². The zero-order valence-corrected chi connectivity index (χ0v) is 11.8. The topological polar surface area (TPSA) is 56.7 Å². The van der Waals surface area contributed by atoms with E-state index in [9.17, 15) is 0 Å². The minimum atomic E-state index is 0.368. The third kappa shape index (κ3) is 4.11. The van der Waals surface area contributed by atoms with E-state index in [1.165, 1.54) is 6.42 Å². The minimum absolute atomic E-state index is 0.368. The molecule has 98 valence electrons. The van der Waals surface area contributed by atoms with Crippen LogP contribution in [0.1, 0.15) is 52.7 Å². The van der Waals surface area contributed by atoms with Gasteiger partial charge in [0.25, 0.3) is 0 Å². The summed E-state index contributed by atoms with van der Waals surface area (Å²) >= 11 is 0. The van der Waals surface area contributed by atoms with Crippen LogP contribution >= 0.6 is 0 Å². The number of rotatable bonds is 5. The summed E-state index contributed by atoms with van der Waals surface area (Å²) in [7, 11) is 0. The first-order chi connectivity index (χ1) is 7.87. The van der Waals surface area contributed by atoms with Crippen LogP contribution in [0.25, 0.3) is 0 Å². The van der Waals surface area contributed by atoms with Crippen molar-refractivity contribution in [3.8, 4) is 0 Å². The molecule has 0 radical (unpaired) electrons. The van der Waals surface area contributed by atoms with Gasteiger partial charge in [-0.1, -0.05) is 27.7 Å². The molecular formula is C13H26N4. The lowest BCUT2D eigenvalue weighted by Gasteiger charge is -2.23. The van der Waals surface area contributed by atoms with Gasteiger partial charge in [-0.3, -0.25) is 0 Å². The Morgan fingerprint density at radius 3 is 2.29 bits per heavy atom. The molecule has 0 saturated carbocycles. The SMILES string of the molecule is CCn1c(CN)nnc1CC(C)CC(C)(C)C. The van der Waals surface area contributed by atoms with Crippen LogP contribution in [0.3, 0.4) is 0 Å². The predicted octanol–water partition coefficient (Wildman–Crippen LogP) is 2.37. The second-order valence-electron chi connectivity index (χ2n) is 6.05. The van der Waals surface area contributed by atoms with Crippen LogP contribution in [0.15, 0.2) is 0 Å². The standard InChI is InChI=1S/C13H26N4/c1-6-17-11(15-16-12(17)9-14)7-10(2)8-13(3,4)5/h10H,6-9,14H2,1-5H3. The Bertz CT molecular complexity index is 349. The molecule has 1 heterocycles. The third-order valence-electron chi connectivity index (χ3n) is 2.89. The number of hydrogen-bond donors (Lipinski definition) is 1. The molecule has 0 aliphatic rings. The summed E-state index contributed by atoms with van der Waals surface area (Å²) in [6.07, 6.45) is 2.18. The Hall–Kier alpha value is -0.900. The van der Waals surface area contributed by atoms with Crippen LogP contribution in [0.5, 0.6) is 0 Å². The zero-order chi connectivity index (χ0) is 13.1. The smallest absolute Gasteiger partial charge is 0.146 e. The maximum Gasteiger partial charge on any atom is 0.146 e. The maximum absolute atomic E-state index is 5.65. The van der Waals surface area contributed by atoms with Gasteiger partial charge in [-0.15, -0.1) is 10.2 Å². The van der Waals surface area contributed by atoms with E-state index in [4.69, 9.17) is 5.73 Å². The van der Waals surface area contributed by atoms with E-state index >= 15 is 0 Å². The van der Waals surface area contributed by atoms with Crippen LogP contribution in [-0.2, 0) is 19.5 Å². The summed E-state index contributed by atoms with van der Waals surface area (Å²) in [5.41, 5.74) is 6.02. The second kappa shape index (κ2) is 5.63. The molecule has 4 heteroatoms. The van der Waals surface area contributed by atoms with E-state index in [1.54, 1.807) is 0 Å². The summed E-state index contributed by atoms with van der Waals surface area (Å²) in [6.45, 7) is 12.6. The molecule has 2 N–H and O–H groups in total. The lowest BCUT2D eigenvalue weighted by Crippen LogP contribution is -2.16. The fourth-order valence-corrected chi connectivity index (χ4v) is 2.47. The van der Waals surface area contributed by atoms with Crippen molar-refractivity contribution in [1.29, 1.82) is 0 Å². The molecule has 0 fully saturated rings. The first kappa shape index (κ1) is 14.2. The van der Waals surface area contributed by atoms with E-state index in [1.807, 2.05) is 0 Å². The largest absolute Gasteiger partial charge is 0.324 e. The van der Waals surface area contributed by atoms with Gasteiger partial charge in [-0.2, -0.15) is 0 Å². The van der Waals surface area contributed by atoms with Gasteiger partial charge in [0.05, 0.1) is 6.54 Å². The number of nitrogens with zero attached hydrogens (tertiary/aromatic N) is 3. The van der Waals surface area contributed by atoms with Crippen molar-refractivity contribution in [3.05, 3.63) is 11.6 Å². The van der Waals surface area contributed by atoms with E-state index < -0.39 is 0 Å². The van der Waals surface area contributed by atoms with E-state index in [0.29, 0.717) is 17.9 Å². The summed E-state index contributed by atoms with van der Waals surface area (Å²) in [5, 5.41) is 8.40. The highest BCUT2D eigenvalue weighted by atomic mass is 15.3. The first-order valence-corrected chi connectivity index (χ1v) is 6.48. The molecule has 1 aromatic rings. The number of hydrogen-bond acceptors (Lipinski definition) is 3. The fraction of sp³-hybridized carbons (Fsp3) is 0.846. The molecule has 0 spiro atoms. The molecule has 0 saturated heterocycles. The van der Waals surface area contributed by atoms with Gasteiger partial charge in [-0.05, 0) is 24.7 Å². The maximum atomic E-state index is 5.65. The Kier molecular flexibility index (Phi) is 4.69. The highest BCUT2D eigenvalue weighted by molar-refractivity contribution is 4.96. The van der Waals surface area contributed by atoms with Crippen LogP contribution in [0.2, 0.25) is 0 Å². The Morgan fingerprint density at radius 2 is 1.82 bits per heavy atom. The molecule has 0 bridgehead atoms. The summed E-state index contributed by atoms with van der Waals surface area (Å²) < 4.78 is 2.14. The van der Waals surface area contributed by atoms with Gasteiger partial charge in [-0.25, -0.2) is 0 Å². The average Bonchev–Trinajstić information content (AvgIpc) is 2.56. The Morgan fingerprint density at radius 1 is 1.24 bits per heavy atom. The van der Waals surface area contributed by atoms with Crippen molar-refractivity contribution in [3.63, 3.8) is 0 Å². The van der Waals surface area contributed by atoms with Gasteiger partial charge in [0, 0.05) is 13.0 Å². The lowest BCUT2D eigenvalue weighted by atomic mass is 9.84. The third-order valence-corrected chi connectivity index (χ3v) is 2.89. The molecule has 0 aromatic carbocycles. The highest BCUT2D eigenvalue weighted by Crippen LogP contribution is 2.26. The van der Waals surface area contributed by atoms with E-state index in [2.05, 4.69) is 49.4 Å². The molecule has 0 aliphatic heterocycles. The molecule has 17 heavy (non-hydrogen) atoms. The lowest BCUT2D eigenvalue weighted by molar-refractivity contribution is 0.302. The van der Waals surface area contributed by atoms with Gasteiger partial charge in [0.15, 0.2) is 0 Å². The Labute approximate surface area is 105 Å². The van der Waals surface area contributed by atoms with Crippen LogP contribution in [-0.4, -0.2) is 14.8 Å². The molecule has 1 unspecified atom stereocenters. The van der Waals surface area contributed by atoms with Gasteiger partial charge < -0.3 is 10.3 Å². The van der Waals surface area contributed by atoms with Gasteiger partial charge in [0.1, 0.15) is 11.6 Å². The minimum Gasteiger partial charge on any atom is -0.324 e. The molecule has 0 amide bonds. The highest BCUT2D eigenvalue weighted by Gasteiger charge is 2.18. The first-order valence-electron chi connectivity index (χ1n) is 6.48. The van der Waals surface area contributed by atoms with Crippen molar-refractivity contribution >= 4 is 0 Å². The second-order valence-corrected chi connectivity index (χ2v) is 6.05. The van der Waals surface area contributed by atoms with Gasteiger partial charge >= 0.3 is 0 Å². The molecule has 1 rings (SSSR count). The number of aromatic nitrogens is 3. The van der Waals surface area contributed by atoms with Crippen LogP contribution < -0.4 is 5.73 Å². The van der Waals surface area contributed by atoms with Crippen LogP contribution in [0.4, 0.5) is 0 Å². The average molecular weight is 238 g/mol. The van der Waals surface area contributed by atoms with E-state index in [-0.39, 0.29) is 0 Å². The molecule has 1 aromatic heterocycles. The zero-order valence-electron chi connectivity index (χ0n) is 11.8. The van der Waals surface area contributed by atoms with Crippen molar-refractivity contribution in [2.24, 2.45) is 17.1 Å². The van der Waals surface area contributed by atoms with Crippen LogP contribution in [0, 0.1) is 11.3 Å². The van der Waals surface area contributed by atoms with Crippen molar-refractivity contribution in [2.45, 2.75) is 60.5 Å². The summed E-state index contributed by atoms with van der Waals surface area (Å²) in [5.74, 6) is 2.59. The fourth-order valence-electron chi connectivity index (χ4n) is 2.47. The Balaban J connectivity index is 2.71. The van der Waals surface area contributed by atoms with Crippen molar-refractivity contribution in [1.82, 2.24) is 14.8 Å².